The number of nitrogens with zero attached hydrogens (tertiary/aromatic N) is 1. The van der Waals surface area contributed by atoms with Crippen LogP contribution in [-0.4, -0.2) is 16.3 Å². The summed E-state index contributed by atoms with van der Waals surface area (Å²) < 4.78 is 2.13. The van der Waals surface area contributed by atoms with Crippen molar-refractivity contribution in [1.29, 1.82) is 0 Å². The van der Waals surface area contributed by atoms with E-state index in [0.29, 0.717) is 0 Å². The van der Waals surface area contributed by atoms with Crippen LogP contribution < -0.4 is 0 Å². The second-order valence-corrected chi connectivity index (χ2v) is 4.34. The molecule has 0 aliphatic carbocycles. The highest BCUT2D eigenvalue weighted by atomic mass is 35.5. The second kappa shape index (κ2) is 4.25. The molecule has 3 heteroatoms. The molecule has 0 aliphatic heterocycles. The lowest BCUT2D eigenvalue weighted by Gasteiger charge is -2.10. The van der Waals surface area contributed by atoms with Crippen molar-refractivity contribution in [2.24, 2.45) is 5.92 Å². The van der Waals surface area contributed by atoms with Gasteiger partial charge in [0.2, 0.25) is 0 Å². The van der Waals surface area contributed by atoms with E-state index < -0.39 is 0 Å². The standard InChI is InChI=1S/C12H14ClNO/c1-9(8-15)7-14-6-5-10-11(13)3-2-4-12(10)14/h2-6,9,15H,7-8H2,1H3. The largest absolute Gasteiger partial charge is 0.396 e. The number of rotatable bonds is 3. The number of hydrogen-bond donors (Lipinski definition) is 1. The van der Waals surface area contributed by atoms with Crippen LogP contribution in [0.5, 0.6) is 0 Å². The molecule has 2 nitrogen and oxygen atoms in total. The molecule has 80 valence electrons. The molecule has 1 aromatic carbocycles. The van der Waals surface area contributed by atoms with Gasteiger partial charge in [-0.15, -0.1) is 0 Å². The van der Waals surface area contributed by atoms with Crippen molar-refractivity contribution >= 4 is 22.5 Å². The number of halogens is 1. The van der Waals surface area contributed by atoms with Crippen molar-refractivity contribution in [2.75, 3.05) is 6.61 Å². The first kappa shape index (κ1) is 10.5. The minimum Gasteiger partial charge on any atom is -0.396 e. The van der Waals surface area contributed by atoms with Crippen LogP contribution in [0.4, 0.5) is 0 Å². The Morgan fingerprint density at radius 3 is 2.93 bits per heavy atom. The first-order valence-corrected chi connectivity index (χ1v) is 5.44. The van der Waals surface area contributed by atoms with E-state index in [0.717, 1.165) is 22.5 Å². The fraction of sp³-hybridized carbons (Fsp3) is 0.333. The lowest BCUT2D eigenvalue weighted by molar-refractivity contribution is 0.224. The lowest BCUT2D eigenvalue weighted by Crippen LogP contribution is -2.09. The Labute approximate surface area is 94.1 Å². The normalized spacial score (nSPS) is 13.3. The lowest BCUT2D eigenvalue weighted by atomic mass is 10.2. The molecule has 1 unspecified atom stereocenters. The van der Waals surface area contributed by atoms with Gasteiger partial charge in [0.05, 0.1) is 0 Å². The van der Waals surface area contributed by atoms with Gasteiger partial charge in [-0.2, -0.15) is 0 Å². The topological polar surface area (TPSA) is 25.2 Å². The zero-order chi connectivity index (χ0) is 10.8. The molecule has 0 amide bonds. The maximum absolute atomic E-state index is 9.02. The van der Waals surface area contributed by atoms with Crippen molar-refractivity contribution in [3.05, 3.63) is 35.5 Å². The molecule has 1 heterocycles. The first-order valence-electron chi connectivity index (χ1n) is 5.06. The Bertz CT molecular complexity index is 464. The Morgan fingerprint density at radius 2 is 2.20 bits per heavy atom. The number of benzene rings is 1. The highest BCUT2D eigenvalue weighted by molar-refractivity contribution is 6.35. The van der Waals surface area contributed by atoms with Gasteiger partial charge in [-0.1, -0.05) is 24.6 Å². The van der Waals surface area contributed by atoms with Crippen LogP contribution in [0.1, 0.15) is 6.92 Å². The quantitative estimate of drug-likeness (QED) is 0.851. The zero-order valence-electron chi connectivity index (χ0n) is 8.65. The van der Waals surface area contributed by atoms with Gasteiger partial charge < -0.3 is 9.67 Å². The summed E-state index contributed by atoms with van der Waals surface area (Å²) in [7, 11) is 0. The van der Waals surface area contributed by atoms with Crippen molar-refractivity contribution in [3.8, 4) is 0 Å². The minimum atomic E-state index is 0.209. The van der Waals surface area contributed by atoms with E-state index in [-0.39, 0.29) is 12.5 Å². The molecule has 1 N–H and O–H groups in total. The third kappa shape index (κ3) is 2.01. The fourth-order valence-electron chi connectivity index (χ4n) is 1.74. The molecule has 2 rings (SSSR count). The average molecular weight is 224 g/mol. The summed E-state index contributed by atoms with van der Waals surface area (Å²) >= 11 is 6.08. The summed E-state index contributed by atoms with van der Waals surface area (Å²) in [5.74, 6) is 0.264. The van der Waals surface area contributed by atoms with E-state index in [1.807, 2.05) is 37.4 Å². The fourth-order valence-corrected chi connectivity index (χ4v) is 1.97. The third-order valence-electron chi connectivity index (χ3n) is 2.58. The predicted octanol–water partition coefficient (Wildman–Crippen LogP) is 2.92. The predicted molar refractivity (Wildman–Crippen MR) is 63.2 cm³/mol. The summed E-state index contributed by atoms with van der Waals surface area (Å²) in [6.07, 6.45) is 2.02. The van der Waals surface area contributed by atoms with E-state index in [1.165, 1.54) is 0 Å². The maximum atomic E-state index is 9.02. The Kier molecular flexibility index (Phi) is 2.98. The Morgan fingerprint density at radius 1 is 1.40 bits per heavy atom. The van der Waals surface area contributed by atoms with E-state index in [4.69, 9.17) is 16.7 Å². The van der Waals surface area contributed by atoms with Crippen LogP contribution in [-0.2, 0) is 6.54 Å². The van der Waals surface area contributed by atoms with Crippen LogP contribution >= 0.6 is 11.6 Å². The average Bonchev–Trinajstić information content (AvgIpc) is 2.63. The number of aliphatic hydroxyl groups is 1. The smallest absolute Gasteiger partial charge is 0.0499 e. The molecule has 0 spiro atoms. The minimum absolute atomic E-state index is 0.209. The van der Waals surface area contributed by atoms with Gasteiger partial charge in [0.25, 0.3) is 0 Å². The van der Waals surface area contributed by atoms with Crippen LogP contribution in [0, 0.1) is 5.92 Å². The van der Waals surface area contributed by atoms with E-state index in [9.17, 15) is 0 Å². The third-order valence-corrected chi connectivity index (χ3v) is 2.91. The molecule has 0 radical (unpaired) electrons. The van der Waals surface area contributed by atoms with Gasteiger partial charge in [0.15, 0.2) is 0 Å². The summed E-state index contributed by atoms with van der Waals surface area (Å²) in [5, 5.41) is 10.9. The summed E-state index contributed by atoms with van der Waals surface area (Å²) in [5.41, 5.74) is 1.13. The molecular formula is C12H14ClNO. The SMILES string of the molecule is CC(CO)Cn1ccc2c(Cl)cccc21. The molecule has 1 atom stereocenters. The van der Waals surface area contributed by atoms with Crippen LogP contribution in [0.2, 0.25) is 5.02 Å². The highest BCUT2D eigenvalue weighted by Crippen LogP contribution is 2.24. The molecule has 2 aromatic rings. The van der Waals surface area contributed by atoms with Gasteiger partial charge >= 0.3 is 0 Å². The van der Waals surface area contributed by atoms with Crippen molar-refractivity contribution in [2.45, 2.75) is 13.5 Å². The van der Waals surface area contributed by atoms with Gasteiger partial charge in [-0.05, 0) is 24.1 Å². The highest BCUT2D eigenvalue weighted by Gasteiger charge is 2.06. The molecule has 0 saturated carbocycles. The number of hydrogen-bond acceptors (Lipinski definition) is 1. The van der Waals surface area contributed by atoms with Gasteiger partial charge in [-0.25, -0.2) is 0 Å². The Hall–Kier alpha value is -0.990. The van der Waals surface area contributed by atoms with Crippen LogP contribution in [0.15, 0.2) is 30.5 Å². The number of aromatic nitrogens is 1. The molecule has 1 aromatic heterocycles. The molecule has 15 heavy (non-hydrogen) atoms. The summed E-state index contributed by atoms with van der Waals surface area (Å²) in [6, 6.07) is 7.90. The van der Waals surface area contributed by atoms with E-state index >= 15 is 0 Å². The zero-order valence-corrected chi connectivity index (χ0v) is 9.41. The van der Waals surface area contributed by atoms with Crippen molar-refractivity contribution in [1.82, 2.24) is 4.57 Å². The Balaban J connectivity index is 2.41. The van der Waals surface area contributed by atoms with Gasteiger partial charge in [-0.3, -0.25) is 0 Å². The van der Waals surface area contributed by atoms with Crippen LogP contribution in [0.25, 0.3) is 10.9 Å². The molecule has 0 aliphatic rings. The van der Waals surface area contributed by atoms with Crippen molar-refractivity contribution < 1.29 is 5.11 Å². The first-order chi connectivity index (χ1) is 7.22. The molecule has 0 bridgehead atoms. The van der Waals surface area contributed by atoms with Crippen LogP contribution in [0.3, 0.4) is 0 Å². The monoisotopic (exact) mass is 223 g/mol. The maximum Gasteiger partial charge on any atom is 0.0499 e. The molecule has 0 fully saturated rings. The summed E-state index contributed by atoms with van der Waals surface area (Å²) in [6.45, 7) is 3.05. The number of fused-ring (bicyclic) bond motifs is 1. The number of aliphatic hydroxyl groups excluding tert-OH is 1. The molecule has 0 saturated heterocycles. The van der Waals surface area contributed by atoms with Crippen molar-refractivity contribution in [3.63, 3.8) is 0 Å². The van der Waals surface area contributed by atoms with Gasteiger partial charge in [0.1, 0.15) is 0 Å². The van der Waals surface area contributed by atoms with Gasteiger partial charge in [0, 0.05) is 35.3 Å². The van der Waals surface area contributed by atoms with E-state index in [1.54, 1.807) is 0 Å². The summed E-state index contributed by atoms with van der Waals surface area (Å²) in [4.78, 5) is 0. The molecular weight excluding hydrogens is 210 g/mol. The van der Waals surface area contributed by atoms with E-state index in [2.05, 4.69) is 4.57 Å². The second-order valence-electron chi connectivity index (χ2n) is 3.93.